The molecule has 18 heavy (non-hydrogen) atoms. The summed E-state index contributed by atoms with van der Waals surface area (Å²) in [6.45, 7) is 3.96. The molecule has 0 amide bonds. The maximum Gasteiger partial charge on any atom is 0.0744 e. The van der Waals surface area contributed by atoms with E-state index in [1.54, 1.807) is 0 Å². The largest absolute Gasteiger partial charge is 0.379 e. The zero-order valence-corrected chi connectivity index (χ0v) is 11.4. The van der Waals surface area contributed by atoms with Crippen LogP contribution in [0, 0.1) is 23.7 Å². The number of hydrogen-bond donors (Lipinski definition) is 0. The lowest BCUT2D eigenvalue weighted by atomic mass is 9.83. The molecular formula is C16H25NO. The molecule has 0 radical (unpaired) electrons. The molecule has 1 atom stereocenters. The first-order valence-corrected chi connectivity index (χ1v) is 7.76. The molecular weight excluding hydrogens is 222 g/mol. The highest BCUT2D eigenvalue weighted by atomic mass is 16.5. The Morgan fingerprint density at radius 2 is 1.67 bits per heavy atom. The molecule has 2 nitrogen and oxygen atoms in total. The van der Waals surface area contributed by atoms with Crippen LogP contribution in [-0.4, -0.2) is 37.2 Å². The molecule has 3 rings (SSSR count). The van der Waals surface area contributed by atoms with Gasteiger partial charge in [0, 0.05) is 19.0 Å². The number of hydrogen-bond acceptors (Lipinski definition) is 2. The molecule has 0 aromatic heterocycles. The van der Waals surface area contributed by atoms with E-state index in [4.69, 9.17) is 4.74 Å². The smallest absolute Gasteiger partial charge is 0.0744 e. The second-order valence-corrected chi connectivity index (χ2v) is 6.05. The summed E-state index contributed by atoms with van der Waals surface area (Å²) in [5.74, 6) is 8.72. The van der Waals surface area contributed by atoms with E-state index in [0.29, 0.717) is 6.04 Å². The second-order valence-electron chi connectivity index (χ2n) is 6.05. The van der Waals surface area contributed by atoms with E-state index >= 15 is 0 Å². The van der Waals surface area contributed by atoms with Crippen molar-refractivity contribution in [1.29, 1.82) is 0 Å². The molecule has 2 saturated carbocycles. The van der Waals surface area contributed by atoms with Crippen LogP contribution in [0.2, 0.25) is 0 Å². The van der Waals surface area contributed by atoms with Gasteiger partial charge >= 0.3 is 0 Å². The minimum Gasteiger partial charge on any atom is -0.379 e. The summed E-state index contributed by atoms with van der Waals surface area (Å²) in [4.78, 5) is 2.59. The normalized spacial score (nSPS) is 28.4. The molecule has 0 bridgehead atoms. The van der Waals surface area contributed by atoms with Crippen molar-refractivity contribution in [2.45, 2.75) is 51.0 Å². The lowest BCUT2D eigenvalue weighted by molar-refractivity contribution is 0.0125. The van der Waals surface area contributed by atoms with Gasteiger partial charge in [-0.3, -0.25) is 4.90 Å². The Kier molecular flexibility index (Phi) is 4.23. The lowest BCUT2D eigenvalue weighted by Crippen LogP contribution is -2.46. The highest BCUT2D eigenvalue weighted by molar-refractivity contribution is 5.16. The number of ether oxygens (including phenoxy) is 1. The molecule has 1 unspecified atom stereocenters. The maximum absolute atomic E-state index is 5.49. The molecule has 1 aliphatic heterocycles. The van der Waals surface area contributed by atoms with Crippen molar-refractivity contribution in [3.8, 4) is 11.8 Å². The minimum absolute atomic E-state index is 0.523. The summed E-state index contributed by atoms with van der Waals surface area (Å²) in [6, 6.07) is 0.523. The van der Waals surface area contributed by atoms with Crippen molar-refractivity contribution < 1.29 is 4.74 Å². The van der Waals surface area contributed by atoms with E-state index in [1.807, 2.05) is 0 Å². The van der Waals surface area contributed by atoms with Gasteiger partial charge in [0.05, 0.1) is 19.3 Å². The molecule has 3 fully saturated rings. The Hall–Kier alpha value is -0.520. The minimum atomic E-state index is 0.523. The van der Waals surface area contributed by atoms with Gasteiger partial charge in [-0.25, -0.2) is 0 Å². The van der Waals surface area contributed by atoms with Crippen LogP contribution < -0.4 is 0 Å². The SMILES string of the molecule is C(#CC(C1CCCCC1)N1CCOCC1)C1CC1. The molecule has 3 aliphatic rings. The monoisotopic (exact) mass is 247 g/mol. The van der Waals surface area contributed by atoms with Gasteiger partial charge in [-0.15, -0.1) is 0 Å². The first-order chi connectivity index (χ1) is 8.93. The fourth-order valence-corrected chi connectivity index (χ4v) is 3.24. The van der Waals surface area contributed by atoms with Gasteiger partial charge in [-0.2, -0.15) is 0 Å². The van der Waals surface area contributed by atoms with Crippen molar-refractivity contribution in [3.63, 3.8) is 0 Å². The van der Waals surface area contributed by atoms with E-state index < -0.39 is 0 Å². The first-order valence-electron chi connectivity index (χ1n) is 7.76. The van der Waals surface area contributed by atoms with Crippen molar-refractivity contribution >= 4 is 0 Å². The molecule has 0 spiro atoms. The first kappa shape index (κ1) is 12.5. The summed E-state index contributed by atoms with van der Waals surface area (Å²) < 4.78 is 5.49. The highest BCUT2D eigenvalue weighted by Crippen LogP contribution is 2.31. The fraction of sp³-hybridized carbons (Fsp3) is 0.875. The Morgan fingerprint density at radius 1 is 0.944 bits per heavy atom. The Bertz CT molecular complexity index is 296. The molecule has 0 N–H and O–H groups in total. The van der Waals surface area contributed by atoms with E-state index in [1.165, 1.54) is 44.9 Å². The molecule has 1 saturated heterocycles. The van der Waals surface area contributed by atoms with Crippen molar-refractivity contribution in [3.05, 3.63) is 0 Å². The number of rotatable bonds is 2. The zero-order chi connectivity index (χ0) is 12.2. The third-order valence-electron chi connectivity index (χ3n) is 4.55. The van der Waals surface area contributed by atoms with Gasteiger partial charge in [0.1, 0.15) is 0 Å². The van der Waals surface area contributed by atoms with Gasteiger partial charge in [0.2, 0.25) is 0 Å². The zero-order valence-electron chi connectivity index (χ0n) is 11.4. The predicted octanol–water partition coefficient (Wildman–Crippen LogP) is 2.68. The van der Waals surface area contributed by atoms with Gasteiger partial charge in [-0.05, 0) is 31.6 Å². The van der Waals surface area contributed by atoms with Crippen LogP contribution in [0.1, 0.15) is 44.9 Å². The van der Waals surface area contributed by atoms with Gasteiger partial charge in [-0.1, -0.05) is 31.1 Å². The quantitative estimate of drug-likeness (QED) is 0.696. The lowest BCUT2D eigenvalue weighted by Gasteiger charge is -2.37. The van der Waals surface area contributed by atoms with Crippen LogP contribution in [-0.2, 0) is 4.74 Å². The molecule has 1 heterocycles. The number of nitrogens with zero attached hydrogens (tertiary/aromatic N) is 1. The summed E-state index contributed by atoms with van der Waals surface area (Å²) >= 11 is 0. The van der Waals surface area contributed by atoms with E-state index in [-0.39, 0.29) is 0 Å². The van der Waals surface area contributed by atoms with Gasteiger partial charge in [0.15, 0.2) is 0 Å². The van der Waals surface area contributed by atoms with Crippen molar-refractivity contribution in [1.82, 2.24) is 4.90 Å². The summed E-state index contributed by atoms with van der Waals surface area (Å²) in [5.41, 5.74) is 0. The van der Waals surface area contributed by atoms with Crippen LogP contribution >= 0.6 is 0 Å². The third kappa shape index (κ3) is 3.28. The fourth-order valence-electron chi connectivity index (χ4n) is 3.24. The second kappa shape index (κ2) is 6.08. The molecule has 0 aromatic rings. The average Bonchev–Trinajstić information content (AvgIpc) is 3.26. The Balaban J connectivity index is 1.67. The van der Waals surface area contributed by atoms with Crippen LogP contribution in [0.25, 0.3) is 0 Å². The molecule has 0 aromatic carbocycles. The predicted molar refractivity (Wildman–Crippen MR) is 73.3 cm³/mol. The molecule has 100 valence electrons. The molecule has 2 heteroatoms. The maximum atomic E-state index is 5.49. The standard InChI is InChI=1S/C16H25NO/c1-2-4-15(5-3-1)16(9-8-14-6-7-14)17-10-12-18-13-11-17/h14-16H,1-7,10-13H2. The van der Waals surface area contributed by atoms with Gasteiger partial charge in [0.25, 0.3) is 0 Å². The van der Waals surface area contributed by atoms with Gasteiger partial charge < -0.3 is 4.74 Å². The average molecular weight is 247 g/mol. The van der Waals surface area contributed by atoms with Crippen LogP contribution in [0.5, 0.6) is 0 Å². The summed E-state index contributed by atoms with van der Waals surface area (Å²) in [6.07, 6.45) is 9.72. The third-order valence-corrected chi connectivity index (χ3v) is 4.55. The highest BCUT2D eigenvalue weighted by Gasteiger charge is 2.29. The molecule has 2 aliphatic carbocycles. The van der Waals surface area contributed by atoms with Crippen molar-refractivity contribution in [2.24, 2.45) is 11.8 Å². The number of morpholine rings is 1. The van der Waals surface area contributed by atoms with E-state index in [2.05, 4.69) is 16.7 Å². The topological polar surface area (TPSA) is 12.5 Å². The van der Waals surface area contributed by atoms with E-state index in [9.17, 15) is 0 Å². The van der Waals surface area contributed by atoms with Crippen LogP contribution in [0.15, 0.2) is 0 Å². The Morgan fingerprint density at radius 3 is 2.33 bits per heavy atom. The van der Waals surface area contributed by atoms with E-state index in [0.717, 1.165) is 38.1 Å². The van der Waals surface area contributed by atoms with Crippen LogP contribution in [0.3, 0.4) is 0 Å². The summed E-state index contributed by atoms with van der Waals surface area (Å²) in [5, 5.41) is 0. The van der Waals surface area contributed by atoms with Crippen LogP contribution in [0.4, 0.5) is 0 Å². The summed E-state index contributed by atoms with van der Waals surface area (Å²) in [7, 11) is 0. The van der Waals surface area contributed by atoms with Crippen molar-refractivity contribution in [2.75, 3.05) is 26.3 Å². The Labute approximate surface area is 111 Å².